The Morgan fingerprint density at radius 3 is 2.31 bits per heavy atom. The molecule has 0 radical (unpaired) electrons. The van der Waals surface area contributed by atoms with Crippen molar-refractivity contribution in [3.8, 4) is 0 Å². The summed E-state index contributed by atoms with van der Waals surface area (Å²) in [7, 11) is 0. The van der Waals surface area contributed by atoms with Gasteiger partial charge in [-0.05, 0) is 79.1 Å². The van der Waals surface area contributed by atoms with E-state index < -0.39 is 0 Å². The molecule has 29 heavy (non-hydrogen) atoms. The average molecular weight is 414 g/mol. The van der Waals surface area contributed by atoms with Crippen molar-refractivity contribution in [2.24, 2.45) is 5.41 Å². The van der Waals surface area contributed by atoms with Crippen molar-refractivity contribution in [3.63, 3.8) is 0 Å². The van der Waals surface area contributed by atoms with Gasteiger partial charge in [0.1, 0.15) is 0 Å². The van der Waals surface area contributed by atoms with Gasteiger partial charge >= 0.3 is 0 Å². The second-order valence-corrected chi connectivity index (χ2v) is 10.8. The number of benzene rings is 1. The maximum absolute atomic E-state index is 5.43. The van der Waals surface area contributed by atoms with Crippen molar-refractivity contribution in [3.05, 3.63) is 55.6 Å². The number of rotatable bonds is 8. The predicted molar refractivity (Wildman–Crippen MR) is 126 cm³/mol. The molecular weight excluding hydrogens is 374 g/mol. The summed E-state index contributed by atoms with van der Waals surface area (Å²) in [4.78, 5) is 5.66. The molecule has 2 nitrogen and oxygen atoms in total. The van der Waals surface area contributed by atoms with E-state index in [1.165, 1.54) is 59.5 Å². The summed E-state index contributed by atoms with van der Waals surface area (Å²) < 4.78 is 5.43. The van der Waals surface area contributed by atoms with Crippen molar-refractivity contribution in [1.82, 2.24) is 4.90 Å². The van der Waals surface area contributed by atoms with Gasteiger partial charge in [-0.1, -0.05) is 45.4 Å². The number of morpholine rings is 1. The fourth-order valence-electron chi connectivity index (χ4n) is 4.13. The fraction of sp³-hybridized carbons (Fsp3) is 0.615. The van der Waals surface area contributed by atoms with Crippen molar-refractivity contribution >= 4 is 11.3 Å². The van der Waals surface area contributed by atoms with Crippen LogP contribution in [0.1, 0.15) is 60.9 Å². The number of thiophene rings is 1. The van der Waals surface area contributed by atoms with E-state index in [0.29, 0.717) is 5.41 Å². The molecule has 160 valence electrons. The van der Waals surface area contributed by atoms with Gasteiger partial charge in [0.2, 0.25) is 0 Å². The van der Waals surface area contributed by atoms with Crippen LogP contribution in [0, 0.1) is 29.7 Å². The molecule has 1 saturated heterocycles. The molecular formula is C26H39NOS. The standard InChI is InChI=1S/C19H33NOS.C7H6/c1-5-6-18-17(15-16(2)22-18)7-8-19(3,4)9-10-20-11-13-21-14-12-20;1-5-4-6-2-3-7(5)6/h15H,5-14H2,1-4H3;2-4H,1H3. The molecule has 3 heteroatoms. The number of aryl methyl sites for hydroxylation is 4. The van der Waals surface area contributed by atoms with E-state index in [1.54, 1.807) is 10.4 Å². The van der Waals surface area contributed by atoms with Crippen molar-refractivity contribution < 1.29 is 4.74 Å². The Morgan fingerprint density at radius 2 is 1.79 bits per heavy atom. The van der Waals surface area contributed by atoms with E-state index in [2.05, 4.69) is 63.8 Å². The number of ether oxygens (including phenoxy) is 1. The summed E-state index contributed by atoms with van der Waals surface area (Å²) in [6.07, 6.45) is 6.34. The van der Waals surface area contributed by atoms with Crippen LogP contribution < -0.4 is 0 Å². The molecule has 1 aromatic rings. The molecule has 0 N–H and O–H groups in total. The summed E-state index contributed by atoms with van der Waals surface area (Å²) in [6.45, 7) is 16.8. The summed E-state index contributed by atoms with van der Waals surface area (Å²) in [6, 6.07) is 8.93. The van der Waals surface area contributed by atoms with E-state index in [1.807, 2.05) is 11.3 Å². The van der Waals surface area contributed by atoms with Gasteiger partial charge in [0.25, 0.3) is 0 Å². The van der Waals surface area contributed by atoms with Crippen LogP contribution in [0.25, 0.3) is 0 Å². The normalized spacial score (nSPS) is 15.8. The third kappa shape index (κ3) is 6.41. The molecule has 1 fully saturated rings. The lowest BCUT2D eigenvalue weighted by Gasteiger charge is -2.31. The summed E-state index contributed by atoms with van der Waals surface area (Å²) in [5.74, 6) is 0. The molecule has 0 spiro atoms. The zero-order valence-corrected chi connectivity index (χ0v) is 20.0. The lowest BCUT2D eigenvalue weighted by Crippen LogP contribution is -2.38. The van der Waals surface area contributed by atoms with E-state index in [4.69, 9.17) is 4.74 Å². The molecule has 0 saturated carbocycles. The van der Waals surface area contributed by atoms with E-state index >= 15 is 0 Å². The molecule has 4 rings (SSSR count). The van der Waals surface area contributed by atoms with Crippen LogP contribution in [0.4, 0.5) is 0 Å². The third-order valence-corrected chi connectivity index (χ3v) is 7.47. The minimum absolute atomic E-state index is 0.428. The Morgan fingerprint density at radius 1 is 1.03 bits per heavy atom. The lowest BCUT2D eigenvalue weighted by molar-refractivity contribution is 0.0323. The molecule has 0 bridgehead atoms. The highest BCUT2D eigenvalue weighted by atomic mass is 32.1. The number of hydrogen-bond acceptors (Lipinski definition) is 3. The summed E-state index contributed by atoms with van der Waals surface area (Å²) in [5, 5.41) is 2.91. The van der Waals surface area contributed by atoms with Crippen LogP contribution in [0.3, 0.4) is 0 Å². The van der Waals surface area contributed by atoms with Crippen molar-refractivity contribution in [2.75, 3.05) is 32.8 Å². The predicted octanol–water partition coefficient (Wildman–Crippen LogP) is 6.29. The zero-order valence-electron chi connectivity index (χ0n) is 19.1. The van der Waals surface area contributed by atoms with Gasteiger partial charge in [-0.2, -0.15) is 0 Å². The van der Waals surface area contributed by atoms with Gasteiger partial charge in [-0.25, -0.2) is 0 Å². The van der Waals surface area contributed by atoms with Crippen LogP contribution in [0.2, 0.25) is 0 Å². The highest BCUT2D eigenvalue weighted by Gasteiger charge is 2.21. The second kappa shape index (κ2) is 10.2. The average Bonchev–Trinajstić information content (AvgIpc) is 3.04. The Balaban J connectivity index is 0.000000283. The zero-order chi connectivity index (χ0) is 20.9. The quantitative estimate of drug-likeness (QED) is 0.430. The number of hydrogen-bond donors (Lipinski definition) is 0. The van der Waals surface area contributed by atoms with Crippen molar-refractivity contribution in [2.45, 2.75) is 66.7 Å². The molecule has 0 amide bonds. The fourth-order valence-corrected chi connectivity index (χ4v) is 5.32. The van der Waals surface area contributed by atoms with Crippen LogP contribution in [0.15, 0.2) is 24.3 Å². The molecule has 2 heterocycles. The first-order valence-corrected chi connectivity index (χ1v) is 12.2. The van der Waals surface area contributed by atoms with Crippen LogP contribution in [0.5, 0.6) is 0 Å². The maximum atomic E-state index is 5.43. The van der Waals surface area contributed by atoms with Gasteiger partial charge in [0.15, 0.2) is 0 Å². The highest BCUT2D eigenvalue weighted by molar-refractivity contribution is 7.12. The maximum Gasteiger partial charge on any atom is 0.0594 e. The van der Waals surface area contributed by atoms with Crippen molar-refractivity contribution in [1.29, 1.82) is 0 Å². The van der Waals surface area contributed by atoms with E-state index in [0.717, 1.165) is 26.3 Å². The lowest BCUT2D eigenvalue weighted by atomic mass is 9.83. The largest absolute Gasteiger partial charge is 0.379 e. The summed E-state index contributed by atoms with van der Waals surface area (Å²) in [5.41, 5.74) is 3.48. The molecule has 0 aromatic carbocycles. The first-order chi connectivity index (χ1) is 13.9. The molecule has 3 aliphatic rings. The molecule has 1 aliphatic heterocycles. The van der Waals surface area contributed by atoms with Gasteiger partial charge in [0, 0.05) is 22.8 Å². The van der Waals surface area contributed by atoms with Gasteiger partial charge in [-0.15, -0.1) is 11.3 Å². The van der Waals surface area contributed by atoms with Gasteiger partial charge in [0.05, 0.1) is 13.2 Å². The Kier molecular flexibility index (Phi) is 7.95. The summed E-state index contributed by atoms with van der Waals surface area (Å²) >= 11 is 2.00. The first kappa shape index (κ1) is 22.5. The van der Waals surface area contributed by atoms with Crippen LogP contribution in [-0.4, -0.2) is 37.7 Å². The van der Waals surface area contributed by atoms with Crippen LogP contribution >= 0.6 is 11.3 Å². The monoisotopic (exact) mass is 413 g/mol. The minimum Gasteiger partial charge on any atom is -0.379 e. The molecule has 0 atom stereocenters. The van der Waals surface area contributed by atoms with Crippen LogP contribution in [-0.2, 0) is 17.6 Å². The molecule has 1 aromatic heterocycles. The Hall–Kier alpha value is -1.16. The highest BCUT2D eigenvalue weighted by Crippen LogP contribution is 2.31. The smallest absolute Gasteiger partial charge is 0.0594 e. The topological polar surface area (TPSA) is 12.5 Å². The second-order valence-electron chi connectivity index (χ2n) is 9.45. The molecule has 2 aliphatic carbocycles. The minimum atomic E-state index is 0.428. The van der Waals surface area contributed by atoms with E-state index in [9.17, 15) is 0 Å². The number of nitrogens with zero attached hydrogens (tertiary/aromatic N) is 1. The van der Waals surface area contributed by atoms with Gasteiger partial charge < -0.3 is 4.74 Å². The third-order valence-electron chi connectivity index (χ3n) is 6.31. The Bertz CT molecular complexity index is 877. The van der Waals surface area contributed by atoms with E-state index in [-0.39, 0.29) is 0 Å². The molecule has 0 unspecified atom stereocenters. The Labute approximate surface area is 181 Å². The SMILES string of the molecule is CCCc1sc(C)cc1CCC(C)(C)CCN1CCOCC1.Cc1cc2ccc1=2. The van der Waals surface area contributed by atoms with Gasteiger partial charge in [-0.3, -0.25) is 4.90 Å². The first-order valence-electron chi connectivity index (χ1n) is 11.4.